The van der Waals surface area contributed by atoms with Crippen LogP contribution in [-0.4, -0.2) is 24.8 Å². The van der Waals surface area contributed by atoms with Crippen LogP contribution >= 0.6 is 11.6 Å². The number of hydrogen-bond donors (Lipinski definition) is 1. The Balaban J connectivity index is 2.27. The van der Waals surface area contributed by atoms with Crippen molar-refractivity contribution in [2.75, 3.05) is 18.9 Å². The maximum absolute atomic E-state index is 12.8. The van der Waals surface area contributed by atoms with Gasteiger partial charge in [-0.3, -0.25) is 0 Å². The monoisotopic (exact) mass is 369 g/mol. The van der Waals surface area contributed by atoms with E-state index in [2.05, 4.69) is 10.3 Å². The van der Waals surface area contributed by atoms with Gasteiger partial charge in [0.15, 0.2) is 0 Å². The fourth-order valence-corrected chi connectivity index (χ4v) is 2.28. The van der Waals surface area contributed by atoms with Gasteiger partial charge in [0, 0.05) is 25.0 Å². The fourth-order valence-electron chi connectivity index (χ4n) is 2.07. The maximum atomic E-state index is 12.8. The molecule has 2 aromatic rings. The predicted molar refractivity (Wildman–Crippen MR) is 97.4 cm³/mol. The van der Waals surface area contributed by atoms with Crippen LogP contribution in [0.25, 0.3) is 0 Å². The molecule has 1 N–H and O–H groups in total. The van der Waals surface area contributed by atoms with E-state index in [4.69, 9.17) is 11.6 Å². The average molecular weight is 370 g/mol. The molecule has 0 atom stereocenters. The molecule has 0 aliphatic carbocycles. The average Bonchev–Trinajstić information content (AvgIpc) is 2.55. The van der Waals surface area contributed by atoms with Crippen LogP contribution in [-0.2, 0) is 6.18 Å². The van der Waals surface area contributed by atoms with E-state index in [0.717, 1.165) is 24.2 Å². The Kier molecular flexibility index (Phi) is 5.95. The number of alkyl halides is 3. The van der Waals surface area contributed by atoms with Crippen molar-refractivity contribution < 1.29 is 13.2 Å². The van der Waals surface area contributed by atoms with E-state index in [-0.39, 0.29) is 0 Å². The molecule has 0 unspecified atom stereocenters. The van der Waals surface area contributed by atoms with E-state index >= 15 is 0 Å². The molecule has 0 spiro atoms. The Labute approximate surface area is 150 Å². The molecule has 25 heavy (non-hydrogen) atoms. The van der Waals surface area contributed by atoms with Gasteiger partial charge < -0.3 is 10.2 Å². The van der Waals surface area contributed by atoms with Crippen molar-refractivity contribution in [1.29, 1.82) is 0 Å². The molecule has 0 aliphatic heterocycles. The molecule has 0 radical (unpaired) electrons. The van der Waals surface area contributed by atoms with Crippen molar-refractivity contribution >= 4 is 35.0 Å². The maximum Gasteiger partial charge on any atom is 0.416 e. The molecule has 0 aliphatic rings. The fraction of sp³-hybridized carbons (Fsp3) is 0.278. The second-order valence-corrected chi connectivity index (χ2v) is 6.05. The molecular weight excluding hydrogens is 351 g/mol. The van der Waals surface area contributed by atoms with Gasteiger partial charge in [0.2, 0.25) is 0 Å². The zero-order valence-corrected chi connectivity index (χ0v) is 14.9. The van der Waals surface area contributed by atoms with Gasteiger partial charge in [0.25, 0.3) is 0 Å². The smallest absolute Gasteiger partial charge is 0.366 e. The summed E-state index contributed by atoms with van der Waals surface area (Å²) in [7, 11) is 1.90. The van der Waals surface area contributed by atoms with Gasteiger partial charge in [-0.25, -0.2) is 4.99 Å². The highest BCUT2D eigenvalue weighted by Crippen LogP contribution is 2.34. The van der Waals surface area contributed by atoms with Crippen LogP contribution in [0.1, 0.15) is 18.1 Å². The minimum Gasteiger partial charge on any atom is -0.366 e. The quantitative estimate of drug-likeness (QED) is 0.515. The second-order valence-electron chi connectivity index (χ2n) is 5.64. The van der Waals surface area contributed by atoms with E-state index < -0.39 is 11.7 Å². The number of nitrogens with one attached hydrogen (secondary N) is 1. The first-order valence-electron chi connectivity index (χ1n) is 7.69. The van der Waals surface area contributed by atoms with Crippen molar-refractivity contribution in [2.45, 2.75) is 20.0 Å². The largest absolute Gasteiger partial charge is 0.416 e. The van der Waals surface area contributed by atoms with Crippen LogP contribution in [0.2, 0.25) is 5.02 Å². The second kappa shape index (κ2) is 7.78. The van der Waals surface area contributed by atoms with Crippen molar-refractivity contribution in [3.8, 4) is 0 Å². The Bertz CT molecular complexity index is 773. The molecule has 2 aromatic carbocycles. The summed E-state index contributed by atoms with van der Waals surface area (Å²) in [5.41, 5.74) is 1.70. The van der Waals surface area contributed by atoms with Gasteiger partial charge in [0.05, 0.1) is 22.6 Å². The lowest BCUT2D eigenvalue weighted by molar-refractivity contribution is -0.137. The minimum absolute atomic E-state index is 0.343. The number of nitrogens with zero attached hydrogens (tertiary/aromatic N) is 2. The van der Waals surface area contributed by atoms with Crippen LogP contribution < -0.4 is 5.32 Å². The Hall–Kier alpha value is -2.21. The van der Waals surface area contributed by atoms with Crippen molar-refractivity contribution in [2.24, 2.45) is 4.99 Å². The SMILES string of the molecule is CCN(C)C=Nc1cc(C)c(Nc2cccc(C(F)(F)F)c2)cc1Cl. The molecule has 3 nitrogen and oxygen atoms in total. The van der Waals surface area contributed by atoms with E-state index in [0.29, 0.717) is 22.1 Å². The first-order chi connectivity index (χ1) is 11.7. The third kappa shape index (κ3) is 5.13. The highest BCUT2D eigenvalue weighted by molar-refractivity contribution is 6.33. The molecule has 7 heteroatoms. The van der Waals surface area contributed by atoms with Gasteiger partial charge in [-0.1, -0.05) is 17.7 Å². The van der Waals surface area contributed by atoms with Crippen LogP contribution in [0.5, 0.6) is 0 Å². The summed E-state index contributed by atoms with van der Waals surface area (Å²) < 4.78 is 38.4. The van der Waals surface area contributed by atoms with E-state index in [1.54, 1.807) is 24.5 Å². The van der Waals surface area contributed by atoms with E-state index in [9.17, 15) is 13.2 Å². The molecular formula is C18H19ClF3N3. The van der Waals surface area contributed by atoms with Crippen LogP contribution in [0, 0.1) is 6.92 Å². The van der Waals surface area contributed by atoms with Gasteiger partial charge >= 0.3 is 6.18 Å². The summed E-state index contributed by atoms with van der Waals surface area (Å²) in [6.45, 7) is 4.66. The van der Waals surface area contributed by atoms with E-state index in [1.807, 2.05) is 25.8 Å². The number of rotatable bonds is 5. The van der Waals surface area contributed by atoms with Crippen LogP contribution in [0.15, 0.2) is 41.4 Å². The van der Waals surface area contributed by atoms with E-state index in [1.165, 1.54) is 6.07 Å². The number of halogens is 4. The molecule has 0 saturated carbocycles. The van der Waals surface area contributed by atoms with Crippen LogP contribution in [0.3, 0.4) is 0 Å². The Morgan fingerprint density at radius 2 is 1.96 bits per heavy atom. The predicted octanol–water partition coefficient (Wildman–Crippen LogP) is 6.02. The van der Waals surface area contributed by atoms with Gasteiger partial charge in [0.1, 0.15) is 0 Å². The summed E-state index contributed by atoms with van der Waals surface area (Å²) in [4.78, 5) is 6.23. The molecule has 0 bridgehead atoms. The third-order valence-corrected chi connectivity index (χ3v) is 3.96. The Morgan fingerprint density at radius 3 is 2.60 bits per heavy atom. The summed E-state index contributed by atoms with van der Waals surface area (Å²) in [5.74, 6) is 0. The summed E-state index contributed by atoms with van der Waals surface area (Å²) in [6, 6.07) is 8.49. The lowest BCUT2D eigenvalue weighted by atomic mass is 10.1. The summed E-state index contributed by atoms with van der Waals surface area (Å²) >= 11 is 6.25. The zero-order chi connectivity index (χ0) is 18.6. The molecule has 0 fully saturated rings. The normalized spacial score (nSPS) is 11.8. The van der Waals surface area contributed by atoms with Gasteiger partial charge in [-0.05, 0) is 49.7 Å². The molecule has 0 heterocycles. The standard InChI is InChI=1S/C18H19ClF3N3/c1-4-25(3)11-23-17-8-12(2)16(10-15(17)19)24-14-7-5-6-13(9-14)18(20,21)22/h5-11,24H,4H2,1-3H3. The number of benzene rings is 2. The third-order valence-electron chi connectivity index (χ3n) is 3.66. The van der Waals surface area contributed by atoms with Crippen molar-refractivity contribution in [3.05, 3.63) is 52.5 Å². The number of aliphatic imine (C=N–C) groups is 1. The summed E-state index contributed by atoms with van der Waals surface area (Å²) in [5, 5.41) is 3.40. The topological polar surface area (TPSA) is 27.6 Å². The lowest BCUT2D eigenvalue weighted by Gasteiger charge is -2.14. The molecule has 0 saturated heterocycles. The highest BCUT2D eigenvalue weighted by Gasteiger charge is 2.30. The lowest BCUT2D eigenvalue weighted by Crippen LogP contribution is -2.14. The molecule has 134 valence electrons. The first-order valence-corrected chi connectivity index (χ1v) is 8.07. The zero-order valence-electron chi connectivity index (χ0n) is 14.2. The van der Waals surface area contributed by atoms with Gasteiger partial charge in [-0.2, -0.15) is 13.2 Å². The molecule has 0 amide bonds. The molecule has 0 aromatic heterocycles. The number of aryl methyl sites for hydroxylation is 1. The van der Waals surface area contributed by atoms with Crippen molar-refractivity contribution in [3.63, 3.8) is 0 Å². The van der Waals surface area contributed by atoms with Crippen molar-refractivity contribution in [1.82, 2.24) is 4.90 Å². The number of hydrogen-bond acceptors (Lipinski definition) is 2. The first kappa shape index (κ1) is 19.1. The summed E-state index contributed by atoms with van der Waals surface area (Å²) in [6.07, 6.45) is -2.70. The highest BCUT2D eigenvalue weighted by atomic mass is 35.5. The van der Waals surface area contributed by atoms with Crippen LogP contribution in [0.4, 0.5) is 30.2 Å². The van der Waals surface area contributed by atoms with Gasteiger partial charge in [-0.15, -0.1) is 0 Å². The number of anilines is 2. The minimum atomic E-state index is -4.38. The Morgan fingerprint density at radius 1 is 1.24 bits per heavy atom. The molecule has 2 rings (SSSR count).